The summed E-state index contributed by atoms with van der Waals surface area (Å²) in [5.41, 5.74) is 2.49. The van der Waals surface area contributed by atoms with Crippen molar-refractivity contribution >= 4 is 6.03 Å². The molecule has 0 radical (unpaired) electrons. The third kappa shape index (κ3) is 1.94. The lowest BCUT2D eigenvalue weighted by molar-refractivity contribution is -0.172. The van der Waals surface area contributed by atoms with Crippen molar-refractivity contribution in [2.75, 3.05) is 13.2 Å². The number of carbonyl (C=O) groups excluding carboxylic acids is 1. The number of fused-ring (bicyclic) bond motifs is 3. The van der Waals surface area contributed by atoms with Crippen LogP contribution in [0.1, 0.15) is 42.9 Å². The molecule has 4 atom stereocenters. The minimum Gasteiger partial charge on any atom is -0.491 e. The number of aryl methyl sites for hydroxylation is 1. The van der Waals surface area contributed by atoms with Gasteiger partial charge >= 0.3 is 6.03 Å². The molecule has 24 heavy (non-hydrogen) atoms. The van der Waals surface area contributed by atoms with Crippen molar-refractivity contribution in [1.82, 2.24) is 10.6 Å². The van der Waals surface area contributed by atoms with E-state index in [0.717, 1.165) is 24.3 Å². The molecule has 128 valence electrons. The van der Waals surface area contributed by atoms with Gasteiger partial charge in [-0.25, -0.2) is 4.79 Å². The highest BCUT2D eigenvalue weighted by Crippen LogP contribution is 2.62. The fourth-order valence-electron chi connectivity index (χ4n) is 5.25. The summed E-state index contributed by atoms with van der Waals surface area (Å²) in [5.74, 6) is 1.39. The van der Waals surface area contributed by atoms with Gasteiger partial charge in [0.1, 0.15) is 12.4 Å². The topological polar surface area (TPSA) is 59.6 Å². The van der Waals surface area contributed by atoms with E-state index < -0.39 is 0 Å². The molecule has 1 spiro atoms. The lowest BCUT2D eigenvalue weighted by atomic mass is 9.46. The van der Waals surface area contributed by atoms with Gasteiger partial charge in [-0.15, -0.1) is 0 Å². The molecular weight excluding hydrogens is 304 g/mol. The number of urea groups is 1. The Labute approximate surface area is 142 Å². The second-order valence-corrected chi connectivity index (χ2v) is 7.83. The van der Waals surface area contributed by atoms with Crippen LogP contribution >= 0.6 is 0 Å². The number of carbonyl (C=O) groups is 1. The zero-order valence-electron chi connectivity index (χ0n) is 14.0. The van der Waals surface area contributed by atoms with E-state index in [4.69, 9.17) is 9.47 Å². The predicted octanol–water partition coefficient (Wildman–Crippen LogP) is 2.69. The lowest BCUT2D eigenvalue weighted by Gasteiger charge is -2.63. The molecule has 2 saturated carbocycles. The zero-order chi connectivity index (χ0) is 16.3. The first-order valence-corrected chi connectivity index (χ1v) is 9.09. The van der Waals surface area contributed by atoms with Gasteiger partial charge in [0.15, 0.2) is 0 Å². The largest absolute Gasteiger partial charge is 0.491 e. The summed E-state index contributed by atoms with van der Waals surface area (Å²) in [4.78, 5) is 12.6. The van der Waals surface area contributed by atoms with E-state index >= 15 is 0 Å². The Balaban J connectivity index is 1.27. The van der Waals surface area contributed by atoms with Crippen LogP contribution in [0.25, 0.3) is 0 Å². The van der Waals surface area contributed by atoms with Crippen molar-refractivity contribution in [2.24, 2.45) is 11.3 Å². The first-order valence-electron chi connectivity index (χ1n) is 9.09. The summed E-state index contributed by atoms with van der Waals surface area (Å²) in [5, 5.41) is 6.38. The number of hydrogen-bond donors (Lipinski definition) is 2. The van der Waals surface area contributed by atoms with E-state index in [9.17, 15) is 4.79 Å². The molecule has 2 amide bonds. The van der Waals surface area contributed by atoms with E-state index in [2.05, 4.69) is 23.6 Å². The Bertz CT molecular complexity index is 685. The van der Waals surface area contributed by atoms with E-state index in [1.54, 1.807) is 0 Å². The van der Waals surface area contributed by atoms with E-state index in [-0.39, 0.29) is 23.5 Å². The Hall–Kier alpha value is -1.75. The zero-order valence-corrected chi connectivity index (χ0v) is 14.0. The Morgan fingerprint density at radius 1 is 1.29 bits per heavy atom. The van der Waals surface area contributed by atoms with Gasteiger partial charge in [0.05, 0.1) is 12.1 Å². The normalized spacial score (nSPS) is 34.5. The maximum Gasteiger partial charge on any atom is 0.315 e. The van der Waals surface area contributed by atoms with Crippen LogP contribution in [0.2, 0.25) is 0 Å². The van der Waals surface area contributed by atoms with Crippen molar-refractivity contribution < 1.29 is 14.3 Å². The number of rotatable bonds is 2. The molecule has 5 heteroatoms. The number of nitrogens with one attached hydrogen (secondary N) is 2. The molecule has 3 fully saturated rings. The van der Waals surface area contributed by atoms with Gasteiger partial charge in [-0.3, -0.25) is 0 Å². The SMILES string of the molecule is Cc1ccc2c(c1)[C@H](NC(=O)N[C@@H]1[C@@H]3CCO[C@@H]3C13CCC3)CO2. The highest BCUT2D eigenvalue weighted by molar-refractivity contribution is 5.75. The first-order chi connectivity index (χ1) is 11.7. The predicted molar refractivity (Wildman–Crippen MR) is 89.0 cm³/mol. The average Bonchev–Trinajstić information content (AvgIpc) is 3.09. The molecule has 2 aliphatic heterocycles. The molecule has 0 aromatic heterocycles. The molecular formula is C19H24N2O3. The molecule has 0 unspecified atom stereocenters. The molecule has 2 aliphatic carbocycles. The third-order valence-electron chi connectivity index (χ3n) is 6.57. The van der Waals surface area contributed by atoms with Crippen LogP contribution in [-0.4, -0.2) is 31.4 Å². The van der Waals surface area contributed by atoms with Crippen molar-refractivity contribution in [1.29, 1.82) is 0 Å². The lowest BCUT2D eigenvalue weighted by Crippen LogP contribution is -2.72. The summed E-state index contributed by atoms with van der Waals surface area (Å²) in [6, 6.07) is 6.27. The fraction of sp³-hybridized carbons (Fsp3) is 0.632. The van der Waals surface area contributed by atoms with Gasteiger partial charge in [-0.05, 0) is 32.3 Å². The van der Waals surface area contributed by atoms with Gasteiger partial charge in [0.25, 0.3) is 0 Å². The van der Waals surface area contributed by atoms with E-state index in [0.29, 0.717) is 18.6 Å². The van der Waals surface area contributed by atoms with Gasteiger partial charge in [0, 0.05) is 29.5 Å². The summed E-state index contributed by atoms with van der Waals surface area (Å²) in [6.07, 6.45) is 5.10. The third-order valence-corrected chi connectivity index (χ3v) is 6.57. The van der Waals surface area contributed by atoms with Crippen molar-refractivity contribution in [3.05, 3.63) is 29.3 Å². The molecule has 0 bridgehead atoms. The van der Waals surface area contributed by atoms with Crippen LogP contribution in [0.3, 0.4) is 0 Å². The van der Waals surface area contributed by atoms with Crippen LogP contribution in [0.15, 0.2) is 18.2 Å². The standard InChI is InChI=1S/C19H24N2O3/c1-11-3-4-15-13(9-11)14(10-24-15)20-18(22)21-16-12-5-8-23-17(12)19(16)6-2-7-19/h3-4,9,12,14,16-17H,2,5-8,10H2,1H3,(H2,20,21,22)/t12-,14+,16+,17-/m0/s1. The second-order valence-electron chi connectivity index (χ2n) is 7.83. The second kappa shape index (κ2) is 5.12. The maximum absolute atomic E-state index is 12.6. The van der Waals surface area contributed by atoms with Crippen molar-refractivity contribution in [2.45, 2.75) is 50.8 Å². The Kier molecular flexibility index (Phi) is 3.11. The quantitative estimate of drug-likeness (QED) is 0.877. The molecule has 1 aromatic rings. The smallest absolute Gasteiger partial charge is 0.315 e. The van der Waals surface area contributed by atoms with E-state index in [1.807, 2.05) is 12.1 Å². The fourth-order valence-corrected chi connectivity index (χ4v) is 5.25. The maximum atomic E-state index is 12.6. The Morgan fingerprint density at radius 3 is 2.96 bits per heavy atom. The summed E-state index contributed by atoms with van der Waals surface area (Å²) < 4.78 is 11.6. The highest BCUT2D eigenvalue weighted by atomic mass is 16.5. The molecule has 1 aromatic carbocycles. The van der Waals surface area contributed by atoms with Gasteiger partial charge in [0.2, 0.25) is 0 Å². The van der Waals surface area contributed by atoms with Gasteiger partial charge in [-0.2, -0.15) is 0 Å². The molecule has 5 nitrogen and oxygen atoms in total. The van der Waals surface area contributed by atoms with Crippen LogP contribution in [0.5, 0.6) is 5.75 Å². The summed E-state index contributed by atoms with van der Waals surface area (Å²) in [7, 11) is 0. The first kappa shape index (κ1) is 14.6. The van der Waals surface area contributed by atoms with Crippen LogP contribution in [0.4, 0.5) is 4.79 Å². The monoisotopic (exact) mass is 328 g/mol. The number of benzene rings is 1. The number of hydrogen-bond acceptors (Lipinski definition) is 3. The average molecular weight is 328 g/mol. The number of amides is 2. The highest BCUT2D eigenvalue weighted by Gasteiger charge is 2.67. The summed E-state index contributed by atoms with van der Waals surface area (Å²) >= 11 is 0. The van der Waals surface area contributed by atoms with E-state index in [1.165, 1.54) is 24.8 Å². The molecule has 2 N–H and O–H groups in total. The van der Waals surface area contributed by atoms with Gasteiger partial charge < -0.3 is 20.1 Å². The number of ether oxygens (including phenoxy) is 2. The molecule has 5 rings (SSSR count). The minimum atomic E-state index is -0.0698. The molecule has 1 saturated heterocycles. The summed E-state index contributed by atoms with van der Waals surface area (Å²) in [6.45, 7) is 3.42. The van der Waals surface area contributed by atoms with Gasteiger partial charge in [-0.1, -0.05) is 24.1 Å². The van der Waals surface area contributed by atoms with Crippen LogP contribution < -0.4 is 15.4 Å². The van der Waals surface area contributed by atoms with Crippen LogP contribution in [-0.2, 0) is 4.74 Å². The molecule has 4 aliphatic rings. The Morgan fingerprint density at radius 2 is 2.17 bits per heavy atom. The van der Waals surface area contributed by atoms with Crippen molar-refractivity contribution in [3.8, 4) is 5.75 Å². The molecule has 2 heterocycles. The van der Waals surface area contributed by atoms with Crippen molar-refractivity contribution in [3.63, 3.8) is 0 Å². The van der Waals surface area contributed by atoms with Crippen LogP contribution in [0, 0.1) is 18.3 Å². The minimum absolute atomic E-state index is 0.0621.